The first kappa shape index (κ1) is 24.6. The summed E-state index contributed by atoms with van der Waals surface area (Å²) in [5.74, 6) is -0.994. The summed E-state index contributed by atoms with van der Waals surface area (Å²) in [6.07, 6.45) is 7.72. The molecule has 8 heteroatoms. The van der Waals surface area contributed by atoms with Gasteiger partial charge in [-0.15, -0.1) is 0 Å². The van der Waals surface area contributed by atoms with Crippen molar-refractivity contribution in [1.29, 1.82) is 0 Å². The van der Waals surface area contributed by atoms with Gasteiger partial charge in [0.2, 0.25) is 0 Å². The molecule has 0 spiro atoms. The molecule has 0 radical (unpaired) electrons. The minimum Gasteiger partial charge on any atom is -0.503 e. The van der Waals surface area contributed by atoms with Gasteiger partial charge in [-0.1, -0.05) is 39.0 Å². The number of aliphatic hydroxyl groups is 1. The largest absolute Gasteiger partial charge is 0.503 e. The summed E-state index contributed by atoms with van der Waals surface area (Å²) in [5.41, 5.74) is 7.16. The van der Waals surface area contributed by atoms with E-state index in [1.54, 1.807) is 17.4 Å². The van der Waals surface area contributed by atoms with Gasteiger partial charge < -0.3 is 20.3 Å². The number of pyridine rings is 1. The summed E-state index contributed by atoms with van der Waals surface area (Å²) in [6, 6.07) is 3.07. The Labute approximate surface area is 193 Å². The molecule has 3 N–H and O–H groups in total. The maximum Gasteiger partial charge on any atom is 0.305 e. The molecule has 2 aromatic rings. The molecule has 180 valence electrons. The third-order valence-corrected chi connectivity index (χ3v) is 6.31. The normalized spacial score (nSPS) is 15.5. The predicted octanol–water partition coefficient (Wildman–Crippen LogP) is 2.58. The molecule has 8 nitrogen and oxygen atoms in total. The van der Waals surface area contributed by atoms with Gasteiger partial charge in [0.15, 0.2) is 5.76 Å². The van der Waals surface area contributed by atoms with Crippen LogP contribution in [0, 0.1) is 5.92 Å². The zero-order valence-corrected chi connectivity index (χ0v) is 19.5. The first-order valence-electron chi connectivity index (χ1n) is 11.9. The Morgan fingerprint density at radius 2 is 1.91 bits per heavy atom. The first-order chi connectivity index (χ1) is 15.9. The lowest BCUT2D eigenvalue weighted by Gasteiger charge is -2.22. The van der Waals surface area contributed by atoms with Crippen molar-refractivity contribution >= 4 is 23.2 Å². The van der Waals surface area contributed by atoms with E-state index in [-0.39, 0.29) is 24.6 Å². The van der Waals surface area contributed by atoms with Crippen molar-refractivity contribution in [2.75, 3.05) is 13.2 Å². The van der Waals surface area contributed by atoms with E-state index in [1.807, 2.05) is 6.92 Å². The zero-order valence-electron chi connectivity index (χ0n) is 19.5. The molecule has 0 bridgehead atoms. The molecule has 0 saturated heterocycles. The van der Waals surface area contributed by atoms with E-state index >= 15 is 0 Å². The summed E-state index contributed by atoms with van der Waals surface area (Å²) in [4.78, 5) is 36.5. The highest BCUT2D eigenvalue weighted by Gasteiger charge is 2.23. The van der Waals surface area contributed by atoms with Gasteiger partial charge in [-0.05, 0) is 37.7 Å². The number of nitrogens with zero attached hydrogens (tertiary/aromatic N) is 1. The van der Waals surface area contributed by atoms with Crippen molar-refractivity contribution in [3.05, 3.63) is 39.0 Å². The van der Waals surface area contributed by atoms with Crippen LogP contribution in [0.3, 0.4) is 0 Å². The number of aliphatic hydroxyl groups excluding tert-OH is 1. The van der Waals surface area contributed by atoms with Crippen molar-refractivity contribution in [2.45, 2.75) is 71.6 Å². The molecule has 2 aromatic heterocycles. The monoisotopic (exact) mass is 458 g/mol. The van der Waals surface area contributed by atoms with E-state index in [0.29, 0.717) is 48.3 Å². The van der Waals surface area contributed by atoms with Crippen LogP contribution in [0.15, 0.2) is 16.9 Å². The second-order valence-electron chi connectivity index (χ2n) is 8.58. The first-order valence-corrected chi connectivity index (χ1v) is 11.9. The predicted molar refractivity (Wildman–Crippen MR) is 125 cm³/mol. The molecule has 2 heterocycles. The average Bonchev–Trinajstić information content (AvgIpc) is 3.10. The molecule has 0 atom stereocenters. The second kappa shape index (κ2) is 11.2. The van der Waals surface area contributed by atoms with Crippen molar-refractivity contribution in [1.82, 2.24) is 4.40 Å². The van der Waals surface area contributed by atoms with Crippen molar-refractivity contribution in [2.24, 2.45) is 11.7 Å². The summed E-state index contributed by atoms with van der Waals surface area (Å²) in [5, 5.41) is 10.9. The highest BCUT2D eigenvalue weighted by atomic mass is 16.5. The number of hydrogen-bond donors (Lipinski definition) is 2. The highest BCUT2D eigenvalue weighted by Crippen LogP contribution is 2.28. The molecule has 1 fully saturated rings. The molecular formula is C25H34N2O6. The highest BCUT2D eigenvalue weighted by molar-refractivity contribution is 6.09. The van der Waals surface area contributed by atoms with Gasteiger partial charge in [0.25, 0.3) is 11.5 Å². The van der Waals surface area contributed by atoms with Gasteiger partial charge in [-0.25, -0.2) is 0 Å². The maximum atomic E-state index is 13.2. The average molecular weight is 459 g/mol. The lowest BCUT2D eigenvalue weighted by Crippen LogP contribution is -2.23. The van der Waals surface area contributed by atoms with Crippen LogP contribution in [0.4, 0.5) is 0 Å². The molecule has 0 unspecified atom stereocenters. The van der Waals surface area contributed by atoms with Crippen LogP contribution in [0.2, 0.25) is 0 Å². The van der Waals surface area contributed by atoms with Crippen molar-refractivity contribution < 1.29 is 24.2 Å². The third kappa shape index (κ3) is 5.67. The number of rotatable bonds is 10. The van der Waals surface area contributed by atoms with E-state index in [4.69, 9.17) is 15.2 Å². The van der Waals surface area contributed by atoms with E-state index in [9.17, 15) is 19.5 Å². The third-order valence-electron chi connectivity index (χ3n) is 6.31. The van der Waals surface area contributed by atoms with Crippen LogP contribution in [0.1, 0.15) is 70.1 Å². The van der Waals surface area contributed by atoms with Crippen molar-refractivity contribution in [3.63, 3.8) is 0 Å². The van der Waals surface area contributed by atoms with E-state index in [0.717, 1.165) is 24.1 Å². The van der Waals surface area contributed by atoms with Gasteiger partial charge in [-0.3, -0.25) is 18.8 Å². The SMILES string of the molecule is CCOC(=O)CCCOc1cc(=O)n2c(CC3CCCCC3)c(CC)c(=C(O)C(N)=O)c2c1. The summed E-state index contributed by atoms with van der Waals surface area (Å²) < 4.78 is 12.2. The minimum absolute atomic E-state index is 0.221. The number of carbonyl (C=O) groups excluding carboxylic acids is 2. The lowest BCUT2D eigenvalue weighted by atomic mass is 9.85. The number of fused-ring (bicyclic) bond motifs is 1. The Morgan fingerprint density at radius 3 is 2.55 bits per heavy atom. The summed E-state index contributed by atoms with van der Waals surface area (Å²) in [6.45, 7) is 4.25. The summed E-state index contributed by atoms with van der Waals surface area (Å²) >= 11 is 0. The van der Waals surface area contributed by atoms with Gasteiger partial charge >= 0.3 is 5.97 Å². The Kier molecular flexibility index (Phi) is 8.36. The quantitative estimate of drug-likeness (QED) is 0.417. The molecule has 0 aromatic carbocycles. The Hall–Kier alpha value is -3.03. The number of ether oxygens (including phenoxy) is 2. The fourth-order valence-electron chi connectivity index (χ4n) is 4.81. The maximum absolute atomic E-state index is 13.2. The molecule has 0 aliphatic heterocycles. The Balaban J connectivity index is 2.02. The fourth-order valence-corrected chi connectivity index (χ4v) is 4.81. The fraction of sp³-hybridized carbons (Fsp3) is 0.560. The number of primary amides is 1. The molecular weight excluding hydrogens is 424 g/mol. The standard InChI is InChI=1S/C25H34N2O6/c1-3-18-19(13-16-9-6-5-7-10-16)27-20(23(18)24(30)25(26)31)14-17(15-21(27)28)33-12-8-11-22(29)32-4-2/h14-16,30H,3-13H2,1-2H3,(H2,26,31). The number of nitrogens with two attached hydrogens (primary N) is 1. The minimum atomic E-state index is -0.936. The van der Waals surface area contributed by atoms with Crippen LogP contribution >= 0.6 is 0 Å². The molecule has 1 aliphatic carbocycles. The van der Waals surface area contributed by atoms with Crippen LogP contribution in [0.25, 0.3) is 11.3 Å². The molecule has 1 saturated carbocycles. The molecule has 3 rings (SSSR count). The van der Waals surface area contributed by atoms with Gasteiger partial charge in [0.05, 0.1) is 23.9 Å². The van der Waals surface area contributed by atoms with Crippen LogP contribution in [-0.2, 0) is 27.2 Å². The van der Waals surface area contributed by atoms with Crippen LogP contribution < -0.4 is 21.2 Å². The van der Waals surface area contributed by atoms with Crippen molar-refractivity contribution in [3.8, 4) is 5.75 Å². The number of amides is 1. The van der Waals surface area contributed by atoms with E-state index in [2.05, 4.69) is 0 Å². The zero-order chi connectivity index (χ0) is 24.0. The van der Waals surface area contributed by atoms with Gasteiger partial charge in [0, 0.05) is 24.2 Å². The van der Waals surface area contributed by atoms with Gasteiger partial charge in [-0.2, -0.15) is 0 Å². The summed E-state index contributed by atoms with van der Waals surface area (Å²) in [7, 11) is 0. The number of carbonyl (C=O) groups is 2. The number of hydrogen-bond acceptors (Lipinski definition) is 6. The Bertz CT molecular complexity index is 1110. The van der Waals surface area contributed by atoms with Crippen LogP contribution in [0.5, 0.6) is 5.75 Å². The Morgan fingerprint density at radius 1 is 1.18 bits per heavy atom. The number of aromatic nitrogens is 1. The second-order valence-corrected chi connectivity index (χ2v) is 8.58. The lowest BCUT2D eigenvalue weighted by molar-refractivity contribution is -0.143. The number of esters is 1. The topological polar surface area (TPSA) is 120 Å². The molecule has 1 aliphatic rings. The van der Waals surface area contributed by atoms with Crippen LogP contribution in [-0.4, -0.2) is 34.6 Å². The molecule has 1 amide bonds. The smallest absolute Gasteiger partial charge is 0.305 e. The van der Waals surface area contributed by atoms with Gasteiger partial charge in [0.1, 0.15) is 5.75 Å². The van der Waals surface area contributed by atoms with E-state index < -0.39 is 11.7 Å². The molecule has 33 heavy (non-hydrogen) atoms. The van der Waals surface area contributed by atoms with E-state index in [1.165, 1.54) is 25.3 Å².